The maximum Gasteiger partial charge on any atom is 0.224 e. The van der Waals surface area contributed by atoms with E-state index in [-0.39, 0.29) is 24.1 Å². The van der Waals surface area contributed by atoms with Gasteiger partial charge in [-0.15, -0.1) is 0 Å². The van der Waals surface area contributed by atoms with E-state index in [1.165, 1.54) is 18.2 Å². The number of amides is 1. The van der Waals surface area contributed by atoms with Crippen LogP contribution in [-0.4, -0.2) is 29.9 Å². The molecule has 25 heavy (non-hydrogen) atoms. The number of nitrogens with zero attached hydrogens (tertiary/aromatic N) is 2. The highest BCUT2D eigenvalue weighted by Gasteiger charge is 2.28. The second kappa shape index (κ2) is 7.74. The van der Waals surface area contributed by atoms with Crippen LogP contribution >= 0.6 is 0 Å². The monoisotopic (exact) mass is 344 g/mol. The minimum Gasteiger partial charge on any atom is -0.310 e. The fourth-order valence-corrected chi connectivity index (χ4v) is 3.48. The summed E-state index contributed by atoms with van der Waals surface area (Å²) in [5.74, 6) is -0.988. The summed E-state index contributed by atoms with van der Waals surface area (Å²) >= 11 is 0. The molecule has 0 spiro atoms. The Bertz CT molecular complexity index is 707. The van der Waals surface area contributed by atoms with E-state index in [0.717, 1.165) is 18.5 Å². The normalized spacial score (nSPS) is 16.0. The highest BCUT2D eigenvalue weighted by atomic mass is 19.1. The Morgan fingerprint density at radius 2 is 1.64 bits per heavy atom. The molecule has 3 nitrogen and oxygen atoms in total. The summed E-state index contributed by atoms with van der Waals surface area (Å²) in [4.78, 5) is 16.0. The summed E-state index contributed by atoms with van der Waals surface area (Å²) in [6.45, 7) is 3.24. The molecule has 2 aromatic rings. The summed E-state index contributed by atoms with van der Waals surface area (Å²) in [5, 5.41) is 0. The summed E-state index contributed by atoms with van der Waals surface area (Å²) in [7, 11) is 0. The zero-order valence-corrected chi connectivity index (χ0v) is 14.3. The van der Waals surface area contributed by atoms with Gasteiger partial charge in [0.2, 0.25) is 5.91 Å². The molecule has 1 amide bonds. The number of piperidine rings is 1. The molecule has 1 saturated heterocycles. The molecule has 1 aliphatic rings. The predicted molar refractivity (Wildman–Crippen MR) is 94.3 cm³/mol. The van der Waals surface area contributed by atoms with Crippen molar-refractivity contribution in [2.75, 3.05) is 18.0 Å². The van der Waals surface area contributed by atoms with E-state index in [0.29, 0.717) is 13.1 Å². The smallest absolute Gasteiger partial charge is 0.224 e. The second-order valence-electron chi connectivity index (χ2n) is 6.43. The molecule has 1 aliphatic heterocycles. The zero-order valence-electron chi connectivity index (χ0n) is 14.3. The lowest BCUT2D eigenvalue weighted by Gasteiger charge is -2.38. The lowest BCUT2D eigenvalue weighted by Crippen LogP contribution is -2.46. The highest BCUT2D eigenvalue weighted by Crippen LogP contribution is 2.25. The fourth-order valence-electron chi connectivity index (χ4n) is 3.48. The van der Waals surface area contributed by atoms with E-state index in [9.17, 15) is 13.6 Å². The minimum absolute atomic E-state index is 0.0183. The van der Waals surface area contributed by atoms with Crippen molar-refractivity contribution >= 4 is 11.6 Å². The number of para-hydroxylation sites is 1. The maximum atomic E-state index is 13.8. The largest absolute Gasteiger partial charge is 0.310 e. The molecule has 0 N–H and O–H groups in total. The van der Waals surface area contributed by atoms with Gasteiger partial charge in [-0.1, -0.05) is 24.3 Å². The first-order chi connectivity index (χ1) is 12.1. The van der Waals surface area contributed by atoms with E-state index in [2.05, 4.69) is 0 Å². The molecule has 0 unspecified atom stereocenters. The molecule has 0 aromatic heterocycles. The Kier molecular flexibility index (Phi) is 5.43. The van der Waals surface area contributed by atoms with Gasteiger partial charge in [-0.2, -0.15) is 0 Å². The molecule has 1 fully saturated rings. The molecule has 0 aliphatic carbocycles. The fraction of sp³-hybridized carbons (Fsp3) is 0.350. The number of rotatable bonds is 4. The summed E-state index contributed by atoms with van der Waals surface area (Å²) in [6, 6.07) is 13.7. The number of likely N-dealkylation sites (tertiary alicyclic amines) is 1. The Morgan fingerprint density at radius 1 is 1.04 bits per heavy atom. The van der Waals surface area contributed by atoms with E-state index in [4.69, 9.17) is 0 Å². The van der Waals surface area contributed by atoms with E-state index in [1.54, 1.807) is 6.92 Å². The van der Waals surface area contributed by atoms with E-state index in [1.807, 2.05) is 40.1 Å². The first-order valence-electron chi connectivity index (χ1n) is 8.56. The van der Waals surface area contributed by atoms with Crippen molar-refractivity contribution in [2.45, 2.75) is 32.4 Å². The Balaban J connectivity index is 1.66. The van der Waals surface area contributed by atoms with Gasteiger partial charge in [0.25, 0.3) is 0 Å². The second-order valence-corrected chi connectivity index (χ2v) is 6.43. The summed E-state index contributed by atoms with van der Waals surface area (Å²) in [6.07, 6.45) is 1.56. The van der Waals surface area contributed by atoms with Crippen molar-refractivity contribution in [3.05, 3.63) is 65.7 Å². The molecule has 0 atom stereocenters. The molecule has 5 heteroatoms. The zero-order chi connectivity index (χ0) is 17.8. The van der Waals surface area contributed by atoms with Crippen LogP contribution in [-0.2, 0) is 11.3 Å². The molecular weight excluding hydrogens is 322 g/mol. The van der Waals surface area contributed by atoms with Crippen LogP contribution < -0.4 is 4.90 Å². The molecule has 2 aromatic carbocycles. The average molecular weight is 344 g/mol. The summed E-state index contributed by atoms with van der Waals surface area (Å²) in [5.41, 5.74) is 1.01. The third-order valence-corrected chi connectivity index (χ3v) is 4.74. The number of benzene rings is 2. The van der Waals surface area contributed by atoms with Crippen molar-refractivity contribution in [1.82, 2.24) is 4.90 Å². The number of anilines is 1. The average Bonchev–Trinajstić information content (AvgIpc) is 2.60. The standard InChI is InChI=1S/C20H22F2N2O/c1-15(25)24(16-6-3-2-4-7-16)17-10-12-23(13-11-17)14-18-19(21)8-5-9-20(18)22/h2-9,17H,10-14H2,1H3. The SMILES string of the molecule is CC(=O)N(c1ccccc1)C1CCN(Cc2c(F)cccc2F)CC1. The van der Waals surface area contributed by atoms with Crippen LogP contribution in [0.1, 0.15) is 25.3 Å². The van der Waals surface area contributed by atoms with Crippen LogP contribution in [0.2, 0.25) is 0 Å². The van der Waals surface area contributed by atoms with Gasteiger partial charge in [0, 0.05) is 43.9 Å². The molecular formula is C20H22F2N2O. The number of carbonyl (C=O) groups excluding carboxylic acids is 1. The quantitative estimate of drug-likeness (QED) is 0.837. The first-order valence-corrected chi connectivity index (χ1v) is 8.56. The van der Waals surface area contributed by atoms with Gasteiger partial charge < -0.3 is 4.90 Å². The van der Waals surface area contributed by atoms with Crippen molar-refractivity contribution in [2.24, 2.45) is 0 Å². The van der Waals surface area contributed by atoms with Gasteiger partial charge in [0.15, 0.2) is 0 Å². The lowest BCUT2D eigenvalue weighted by molar-refractivity contribution is -0.117. The highest BCUT2D eigenvalue weighted by molar-refractivity contribution is 5.92. The van der Waals surface area contributed by atoms with Crippen LogP contribution in [0.4, 0.5) is 14.5 Å². The van der Waals surface area contributed by atoms with Crippen molar-refractivity contribution < 1.29 is 13.6 Å². The minimum atomic E-state index is -0.503. The molecule has 0 radical (unpaired) electrons. The van der Waals surface area contributed by atoms with Gasteiger partial charge in [-0.05, 0) is 37.1 Å². The van der Waals surface area contributed by atoms with Crippen LogP contribution in [0.3, 0.4) is 0 Å². The molecule has 132 valence electrons. The first kappa shape index (κ1) is 17.5. The van der Waals surface area contributed by atoms with Crippen LogP contribution in [0.5, 0.6) is 0 Å². The van der Waals surface area contributed by atoms with Crippen LogP contribution in [0.15, 0.2) is 48.5 Å². The van der Waals surface area contributed by atoms with Crippen molar-refractivity contribution in [1.29, 1.82) is 0 Å². The predicted octanol–water partition coefficient (Wildman–Crippen LogP) is 3.98. The lowest BCUT2D eigenvalue weighted by atomic mass is 10.0. The molecule has 3 rings (SSSR count). The number of hydrogen-bond donors (Lipinski definition) is 0. The molecule has 1 heterocycles. The third-order valence-electron chi connectivity index (χ3n) is 4.74. The van der Waals surface area contributed by atoms with Gasteiger partial charge in [0.1, 0.15) is 11.6 Å². The van der Waals surface area contributed by atoms with Crippen molar-refractivity contribution in [3.63, 3.8) is 0 Å². The number of hydrogen-bond acceptors (Lipinski definition) is 2. The van der Waals surface area contributed by atoms with Crippen LogP contribution in [0, 0.1) is 11.6 Å². The number of carbonyl (C=O) groups is 1. The van der Waals surface area contributed by atoms with Gasteiger partial charge in [0.05, 0.1) is 0 Å². The van der Waals surface area contributed by atoms with E-state index >= 15 is 0 Å². The van der Waals surface area contributed by atoms with Gasteiger partial charge in [-0.25, -0.2) is 8.78 Å². The third kappa shape index (κ3) is 4.04. The molecule has 0 saturated carbocycles. The van der Waals surface area contributed by atoms with Gasteiger partial charge >= 0.3 is 0 Å². The van der Waals surface area contributed by atoms with Crippen LogP contribution in [0.25, 0.3) is 0 Å². The number of halogens is 2. The Labute approximate surface area is 146 Å². The topological polar surface area (TPSA) is 23.6 Å². The maximum absolute atomic E-state index is 13.8. The van der Waals surface area contributed by atoms with Crippen molar-refractivity contribution in [3.8, 4) is 0 Å². The van der Waals surface area contributed by atoms with E-state index < -0.39 is 11.6 Å². The van der Waals surface area contributed by atoms with Gasteiger partial charge in [-0.3, -0.25) is 9.69 Å². The Morgan fingerprint density at radius 3 is 2.20 bits per heavy atom. The Hall–Kier alpha value is -2.27. The molecule has 0 bridgehead atoms. The summed E-state index contributed by atoms with van der Waals surface area (Å²) < 4.78 is 27.6.